The first kappa shape index (κ1) is 6.05. The summed E-state index contributed by atoms with van der Waals surface area (Å²) in [4.78, 5) is 10.1. The number of nitrogens with zero attached hydrogens (tertiary/aromatic N) is 1. The van der Waals surface area contributed by atoms with Gasteiger partial charge in [0.2, 0.25) is 0 Å². The number of rotatable bonds is 1. The quantitative estimate of drug-likeness (QED) is 0.390. The Morgan fingerprint density at radius 2 is 2.50 bits per heavy atom. The fraction of sp³-hybridized carbons (Fsp3) is 0.800. The summed E-state index contributed by atoms with van der Waals surface area (Å²) in [6.45, 7) is 0.852. The number of carbonyl (C=O) groups is 1. The summed E-state index contributed by atoms with van der Waals surface area (Å²) in [5.41, 5.74) is 0. The van der Waals surface area contributed by atoms with E-state index in [9.17, 15) is 4.79 Å². The molecule has 3 heteroatoms. The van der Waals surface area contributed by atoms with Crippen molar-refractivity contribution in [3.8, 4) is 0 Å². The average Bonchev–Trinajstić information content (AvgIpc) is 2.14. The maximum absolute atomic E-state index is 10.1. The topological polar surface area (TPSA) is 20.3 Å². The van der Waals surface area contributed by atoms with Crippen LogP contribution in [0.1, 0.15) is 12.8 Å². The van der Waals surface area contributed by atoms with Crippen LogP contribution in [0.4, 0.5) is 0 Å². The Balaban J connectivity index is 2.41. The molecule has 0 aromatic heterocycles. The second-order valence-electron chi connectivity index (χ2n) is 1.97. The van der Waals surface area contributed by atoms with Crippen molar-refractivity contribution in [2.24, 2.45) is 0 Å². The van der Waals surface area contributed by atoms with Crippen LogP contribution in [0.5, 0.6) is 0 Å². The van der Waals surface area contributed by atoms with E-state index in [-0.39, 0.29) is 6.04 Å². The monoisotopic (exact) mass is 133 g/mol. The van der Waals surface area contributed by atoms with E-state index >= 15 is 0 Å². The molecule has 1 rings (SSSR count). The molecule has 0 saturated carbocycles. The first-order valence-electron chi connectivity index (χ1n) is 2.72. The smallest absolute Gasteiger partial charge is 0.138 e. The zero-order valence-corrected chi connectivity index (χ0v) is 5.27. The molecule has 0 aliphatic carbocycles. The third-order valence-electron chi connectivity index (χ3n) is 1.39. The summed E-state index contributed by atoms with van der Waals surface area (Å²) < 4.78 is 1.56. The van der Waals surface area contributed by atoms with Gasteiger partial charge in [-0.2, -0.15) is 0 Å². The van der Waals surface area contributed by atoms with Crippen LogP contribution in [0.25, 0.3) is 0 Å². The van der Waals surface area contributed by atoms with Crippen molar-refractivity contribution in [2.75, 3.05) is 6.54 Å². The molecule has 1 aliphatic heterocycles. The Hall–Kier alpha value is -0.0800. The molecule has 0 unspecified atom stereocenters. The van der Waals surface area contributed by atoms with Gasteiger partial charge in [0.05, 0.1) is 6.04 Å². The van der Waals surface area contributed by atoms with E-state index in [0.717, 1.165) is 25.7 Å². The third-order valence-corrected chi connectivity index (χ3v) is 1.81. The summed E-state index contributed by atoms with van der Waals surface area (Å²) in [5.74, 6) is 0. The van der Waals surface area contributed by atoms with Gasteiger partial charge in [0.25, 0.3) is 0 Å². The lowest BCUT2D eigenvalue weighted by Gasteiger charge is -2.06. The lowest BCUT2D eigenvalue weighted by Crippen LogP contribution is -2.20. The third kappa shape index (κ3) is 1.01. The zero-order chi connectivity index (χ0) is 5.98. The van der Waals surface area contributed by atoms with Gasteiger partial charge >= 0.3 is 0 Å². The Morgan fingerprint density at radius 3 is 2.75 bits per heavy atom. The molecular weight excluding hydrogens is 126 g/mol. The summed E-state index contributed by atoms with van der Waals surface area (Å²) in [6.07, 6.45) is 2.87. The average molecular weight is 134 g/mol. The Labute approximate surface area is 53.5 Å². The van der Waals surface area contributed by atoms with Crippen LogP contribution in [0.2, 0.25) is 0 Å². The minimum atomic E-state index is -0.0170. The van der Waals surface area contributed by atoms with E-state index in [1.165, 1.54) is 0 Å². The molecule has 1 fully saturated rings. The Bertz CT molecular complexity index is 96.4. The molecule has 0 bridgehead atoms. The van der Waals surface area contributed by atoms with Crippen molar-refractivity contribution in [1.29, 1.82) is 0 Å². The predicted octanol–water partition coefficient (Wildman–Crippen LogP) is 0.803. The largest absolute Gasteiger partial charge is 0.302 e. The van der Waals surface area contributed by atoms with Crippen LogP contribution in [-0.2, 0) is 4.79 Å². The van der Waals surface area contributed by atoms with E-state index in [1.54, 1.807) is 4.42 Å². The summed E-state index contributed by atoms with van der Waals surface area (Å²) in [7, 11) is 0. The lowest BCUT2D eigenvalue weighted by atomic mass is 10.2. The molecule has 0 aromatic rings. The first-order chi connectivity index (χ1) is 3.84. The number of halogens is 1. The van der Waals surface area contributed by atoms with Crippen molar-refractivity contribution >= 4 is 18.1 Å². The van der Waals surface area contributed by atoms with Gasteiger partial charge in [-0.1, -0.05) is 0 Å². The van der Waals surface area contributed by atoms with Crippen LogP contribution < -0.4 is 0 Å². The van der Waals surface area contributed by atoms with Crippen LogP contribution in [0, 0.1) is 0 Å². The Morgan fingerprint density at radius 1 is 1.75 bits per heavy atom. The van der Waals surface area contributed by atoms with Gasteiger partial charge in [-0.05, 0) is 24.6 Å². The molecule has 1 aliphatic rings. The number of hydrogen-bond acceptors (Lipinski definition) is 2. The van der Waals surface area contributed by atoms with Crippen LogP contribution in [0.3, 0.4) is 0 Å². The predicted molar refractivity (Wildman–Crippen MR) is 31.6 cm³/mol. The lowest BCUT2D eigenvalue weighted by molar-refractivity contribution is -0.110. The normalized spacial score (nSPS) is 30.9. The fourth-order valence-corrected chi connectivity index (χ4v) is 1.15. The van der Waals surface area contributed by atoms with Gasteiger partial charge < -0.3 is 4.79 Å². The highest BCUT2D eigenvalue weighted by Crippen LogP contribution is 2.16. The van der Waals surface area contributed by atoms with Crippen molar-refractivity contribution in [3.63, 3.8) is 0 Å². The van der Waals surface area contributed by atoms with Gasteiger partial charge in [0.15, 0.2) is 0 Å². The minimum Gasteiger partial charge on any atom is -0.302 e. The second-order valence-corrected chi connectivity index (χ2v) is 2.40. The highest BCUT2D eigenvalue weighted by atomic mass is 35.5. The first-order valence-corrected chi connectivity index (χ1v) is 3.06. The molecule has 0 spiro atoms. The minimum absolute atomic E-state index is 0.0170. The molecule has 0 N–H and O–H groups in total. The molecule has 46 valence electrons. The highest BCUT2D eigenvalue weighted by Gasteiger charge is 2.21. The molecule has 1 heterocycles. The maximum atomic E-state index is 10.1. The standard InChI is InChI=1S/C5H8ClNO/c6-7-3-1-2-5(7)4-8/h4-5H,1-3H2/t5-/m0/s1. The number of carbonyl (C=O) groups excluding carboxylic acids is 1. The van der Waals surface area contributed by atoms with E-state index in [2.05, 4.69) is 0 Å². The van der Waals surface area contributed by atoms with Crippen molar-refractivity contribution in [2.45, 2.75) is 18.9 Å². The van der Waals surface area contributed by atoms with Crippen LogP contribution in [-0.4, -0.2) is 23.3 Å². The maximum Gasteiger partial charge on any atom is 0.138 e. The van der Waals surface area contributed by atoms with Crippen molar-refractivity contribution in [1.82, 2.24) is 4.42 Å². The van der Waals surface area contributed by atoms with Gasteiger partial charge in [-0.15, -0.1) is 0 Å². The number of aldehydes is 1. The van der Waals surface area contributed by atoms with Gasteiger partial charge in [-0.3, -0.25) is 0 Å². The van der Waals surface area contributed by atoms with E-state index in [1.807, 2.05) is 0 Å². The van der Waals surface area contributed by atoms with Gasteiger partial charge in [0, 0.05) is 6.54 Å². The fourth-order valence-electron chi connectivity index (χ4n) is 0.891. The summed E-state index contributed by atoms with van der Waals surface area (Å²) in [6, 6.07) is -0.0170. The molecular formula is C5H8ClNO. The second kappa shape index (κ2) is 2.46. The summed E-state index contributed by atoms with van der Waals surface area (Å²) in [5, 5.41) is 0. The van der Waals surface area contributed by atoms with E-state index < -0.39 is 0 Å². The molecule has 2 nitrogen and oxygen atoms in total. The van der Waals surface area contributed by atoms with Gasteiger partial charge in [-0.25, -0.2) is 4.42 Å². The van der Waals surface area contributed by atoms with Gasteiger partial charge in [0.1, 0.15) is 6.29 Å². The molecule has 0 radical (unpaired) electrons. The molecule has 0 aromatic carbocycles. The zero-order valence-electron chi connectivity index (χ0n) is 4.51. The van der Waals surface area contributed by atoms with E-state index in [0.29, 0.717) is 0 Å². The molecule has 0 amide bonds. The highest BCUT2D eigenvalue weighted by molar-refractivity contribution is 6.14. The summed E-state index contributed by atoms with van der Waals surface area (Å²) >= 11 is 5.58. The van der Waals surface area contributed by atoms with Crippen LogP contribution in [0.15, 0.2) is 0 Å². The number of hydrogen-bond donors (Lipinski definition) is 0. The Kier molecular flexibility index (Phi) is 1.86. The van der Waals surface area contributed by atoms with E-state index in [4.69, 9.17) is 11.8 Å². The van der Waals surface area contributed by atoms with Crippen molar-refractivity contribution in [3.05, 3.63) is 0 Å². The molecule has 8 heavy (non-hydrogen) atoms. The SMILES string of the molecule is O=C[C@@H]1CCCN1Cl. The molecule has 1 saturated heterocycles. The van der Waals surface area contributed by atoms with Crippen LogP contribution >= 0.6 is 11.8 Å². The van der Waals surface area contributed by atoms with Crippen molar-refractivity contribution < 1.29 is 4.79 Å². The molecule has 1 atom stereocenters.